The molecule has 2 atom stereocenters. The van der Waals surface area contributed by atoms with E-state index < -0.39 is 0 Å². The lowest BCUT2D eigenvalue weighted by atomic mass is 10.0. The second-order valence-corrected chi connectivity index (χ2v) is 5.37. The van der Waals surface area contributed by atoms with Gasteiger partial charge in [-0.25, -0.2) is 0 Å². The van der Waals surface area contributed by atoms with Gasteiger partial charge in [-0.3, -0.25) is 9.69 Å². The number of nitrogens with one attached hydrogen (secondary N) is 1. The molecule has 4 nitrogen and oxygen atoms in total. The zero-order valence-corrected chi connectivity index (χ0v) is 10.9. The third kappa shape index (κ3) is 3.19. The van der Waals surface area contributed by atoms with E-state index in [1.165, 1.54) is 32.8 Å². The summed E-state index contributed by atoms with van der Waals surface area (Å²) in [4.78, 5) is 13.9. The largest absolute Gasteiger partial charge is 0.469 e. The van der Waals surface area contributed by atoms with Gasteiger partial charge >= 0.3 is 5.97 Å². The van der Waals surface area contributed by atoms with Gasteiger partial charge in [-0.1, -0.05) is 12.8 Å². The molecule has 1 aliphatic carbocycles. The van der Waals surface area contributed by atoms with Crippen molar-refractivity contribution < 1.29 is 9.53 Å². The van der Waals surface area contributed by atoms with Gasteiger partial charge in [0.2, 0.25) is 0 Å². The fourth-order valence-electron chi connectivity index (χ4n) is 3.12. The molecule has 1 saturated heterocycles. The Morgan fingerprint density at radius 2 is 2.12 bits per heavy atom. The molecule has 0 spiro atoms. The molecule has 2 aliphatic rings. The number of ether oxygens (including phenoxy) is 1. The van der Waals surface area contributed by atoms with Gasteiger partial charge in [0.05, 0.1) is 13.5 Å². The Hall–Kier alpha value is -0.610. The van der Waals surface area contributed by atoms with E-state index in [0.717, 1.165) is 19.1 Å². The van der Waals surface area contributed by atoms with Crippen molar-refractivity contribution in [1.82, 2.24) is 10.2 Å². The Morgan fingerprint density at radius 3 is 2.76 bits per heavy atom. The standard InChI is InChI=1S/C13H24N2O2/c1-10-8-14-11(7-13(16)17-2)9-15(10)12-5-3-4-6-12/h10-12,14H,3-9H2,1-2H3. The number of rotatable bonds is 3. The summed E-state index contributed by atoms with van der Waals surface area (Å²) in [6.07, 6.45) is 5.88. The third-order valence-corrected chi connectivity index (χ3v) is 4.13. The molecule has 0 bridgehead atoms. The summed E-state index contributed by atoms with van der Waals surface area (Å²) in [7, 11) is 1.46. The Bertz CT molecular complexity index is 264. The van der Waals surface area contributed by atoms with Crippen LogP contribution in [0.4, 0.5) is 0 Å². The first-order valence-corrected chi connectivity index (χ1v) is 6.76. The van der Waals surface area contributed by atoms with Gasteiger partial charge in [0.1, 0.15) is 0 Å². The molecule has 2 fully saturated rings. The van der Waals surface area contributed by atoms with Crippen LogP contribution >= 0.6 is 0 Å². The van der Waals surface area contributed by atoms with Crippen molar-refractivity contribution in [3.8, 4) is 0 Å². The van der Waals surface area contributed by atoms with E-state index in [2.05, 4.69) is 17.1 Å². The summed E-state index contributed by atoms with van der Waals surface area (Å²) in [5, 5.41) is 3.45. The average molecular weight is 240 g/mol. The molecule has 1 heterocycles. The minimum Gasteiger partial charge on any atom is -0.469 e. The first kappa shape index (κ1) is 12.8. The Balaban J connectivity index is 1.89. The second-order valence-electron chi connectivity index (χ2n) is 5.37. The van der Waals surface area contributed by atoms with Gasteiger partial charge in [0, 0.05) is 31.2 Å². The second kappa shape index (κ2) is 5.83. The van der Waals surface area contributed by atoms with E-state index in [9.17, 15) is 4.79 Å². The normalized spacial score (nSPS) is 31.6. The summed E-state index contributed by atoms with van der Waals surface area (Å²) >= 11 is 0. The third-order valence-electron chi connectivity index (χ3n) is 4.13. The monoisotopic (exact) mass is 240 g/mol. The van der Waals surface area contributed by atoms with E-state index in [4.69, 9.17) is 4.74 Å². The fourth-order valence-corrected chi connectivity index (χ4v) is 3.12. The van der Waals surface area contributed by atoms with Crippen LogP contribution in [0.1, 0.15) is 39.0 Å². The maximum Gasteiger partial charge on any atom is 0.307 e. The predicted molar refractivity (Wildman–Crippen MR) is 66.8 cm³/mol. The van der Waals surface area contributed by atoms with Gasteiger partial charge < -0.3 is 10.1 Å². The van der Waals surface area contributed by atoms with E-state index in [1.807, 2.05) is 0 Å². The van der Waals surface area contributed by atoms with E-state index >= 15 is 0 Å². The molecule has 0 amide bonds. The van der Waals surface area contributed by atoms with Crippen molar-refractivity contribution in [2.75, 3.05) is 20.2 Å². The molecule has 2 unspecified atom stereocenters. The van der Waals surface area contributed by atoms with Crippen LogP contribution in [0.25, 0.3) is 0 Å². The highest BCUT2D eigenvalue weighted by molar-refractivity contribution is 5.69. The van der Waals surface area contributed by atoms with E-state index in [-0.39, 0.29) is 12.0 Å². The Kier molecular flexibility index (Phi) is 4.40. The smallest absolute Gasteiger partial charge is 0.307 e. The summed E-state index contributed by atoms with van der Waals surface area (Å²) in [5.41, 5.74) is 0. The summed E-state index contributed by atoms with van der Waals surface area (Å²) in [6.45, 7) is 4.25. The molecule has 0 radical (unpaired) electrons. The summed E-state index contributed by atoms with van der Waals surface area (Å²) in [5.74, 6) is -0.108. The Labute approximate surface area is 104 Å². The lowest BCUT2D eigenvalue weighted by molar-refractivity contribution is -0.141. The van der Waals surface area contributed by atoms with Crippen molar-refractivity contribution in [1.29, 1.82) is 0 Å². The lowest BCUT2D eigenvalue weighted by Gasteiger charge is -2.42. The molecular formula is C13H24N2O2. The van der Waals surface area contributed by atoms with Crippen molar-refractivity contribution in [2.45, 2.75) is 57.2 Å². The molecule has 0 aromatic heterocycles. The molecule has 17 heavy (non-hydrogen) atoms. The SMILES string of the molecule is COC(=O)CC1CN(C2CCCC2)C(C)CN1. The highest BCUT2D eigenvalue weighted by atomic mass is 16.5. The van der Waals surface area contributed by atoms with Crippen LogP contribution < -0.4 is 5.32 Å². The van der Waals surface area contributed by atoms with Crippen molar-refractivity contribution in [3.63, 3.8) is 0 Å². The van der Waals surface area contributed by atoms with Gasteiger partial charge in [-0.2, -0.15) is 0 Å². The fraction of sp³-hybridized carbons (Fsp3) is 0.923. The first-order valence-electron chi connectivity index (χ1n) is 6.76. The van der Waals surface area contributed by atoms with E-state index in [0.29, 0.717) is 12.5 Å². The highest BCUT2D eigenvalue weighted by Gasteiger charge is 2.32. The molecular weight excluding hydrogens is 216 g/mol. The number of carbonyl (C=O) groups excluding carboxylic acids is 1. The molecule has 4 heteroatoms. The number of nitrogens with zero attached hydrogens (tertiary/aromatic N) is 1. The van der Waals surface area contributed by atoms with Gasteiger partial charge in [-0.15, -0.1) is 0 Å². The van der Waals surface area contributed by atoms with Crippen LogP contribution in [0, 0.1) is 0 Å². The maximum atomic E-state index is 11.3. The Morgan fingerprint density at radius 1 is 1.41 bits per heavy atom. The van der Waals surface area contributed by atoms with E-state index in [1.54, 1.807) is 0 Å². The van der Waals surface area contributed by atoms with Crippen molar-refractivity contribution in [3.05, 3.63) is 0 Å². The minimum absolute atomic E-state index is 0.108. The van der Waals surface area contributed by atoms with Crippen LogP contribution in [0.2, 0.25) is 0 Å². The summed E-state index contributed by atoms with van der Waals surface area (Å²) in [6, 6.07) is 1.60. The van der Waals surface area contributed by atoms with Crippen LogP contribution in [-0.4, -0.2) is 49.2 Å². The van der Waals surface area contributed by atoms with Crippen LogP contribution in [0.5, 0.6) is 0 Å². The average Bonchev–Trinajstić information content (AvgIpc) is 2.85. The number of methoxy groups -OCH3 is 1. The quantitative estimate of drug-likeness (QED) is 0.752. The van der Waals surface area contributed by atoms with Crippen LogP contribution in [-0.2, 0) is 9.53 Å². The van der Waals surface area contributed by atoms with Gasteiger partial charge in [0.15, 0.2) is 0 Å². The van der Waals surface area contributed by atoms with Gasteiger partial charge in [-0.05, 0) is 19.8 Å². The summed E-state index contributed by atoms with van der Waals surface area (Å²) < 4.78 is 4.74. The maximum absolute atomic E-state index is 11.3. The number of carbonyl (C=O) groups is 1. The molecule has 0 aromatic rings. The number of hydrogen-bond acceptors (Lipinski definition) is 4. The zero-order chi connectivity index (χ0) is 12.3. The molecule has 1 N–H and O–H groups in total. The lowest BCUT2D eigenvalue weighted by Crippen LogP contribution is -2.58. The number of hydrogen-bond donors (Lipinski definition) is 1. The first-order chi connectivity index (χ1) is 8.20. The minimum atomic E-state index is -0.108. The van der Waals surface area contributed by atoms with Crippen molar-refractivity contribution in [2.24, 2.45) is 0 Å². The molecule has 1 saturated carbocycles. The van der Waals surface area contributed by atoms with Crippen LogP contribution in [0.15, 0.2) is 0 Å². The molecule has 2 rings (SSSR count). The topological polar surface area (TPSA) is 41.6 Å². The molecule has 1 aliphatic heterocycles. The van der Waals surface area contributed by atoms with Gasteiger partial charge in [0.25, 0.3) is 0 Å². The predicted octanol–water partition coefficient (Wildman–Crippen LogP) is 1.15. The zero-order valence-electron chi connectivity index (χ0n) is 10.9. The number of piperazine rings is 1. The highest BCUT2D eigenvalue weighted by Crippen LogP contribution is 2.26. The van der Waals surface area contributed by atoms with Crippen molar-refractivity contribution >= 4 is 5.97 Å². The molecule has 98 valence electrons. The number of esters is 1. The molecule has 0 aromatic carbocycles. The van der Waals surface area contributed by atoms with Crippen LogP contribution in [0.3, 0.4) is 0 Å².